The second kappa shape index (κ2) is 5.92. The number of furan rings is 1. The van der Waals surface area contributed by atoms with Crippen molar-refractivity contribution in [1.82, 2.24) is 4.90 Å². The Morgan fingerprint density at radius 3 is 2.60 bits per heavy atom. The summed E-state index contributed by atoms with van der Waals surface area (Å²) >= 11 is 0. The van der Waals surface area contributed by atoms with Gasteiger partial charge in [-0.3, -0.25) is 4.90 Å². The van der Waals surface area contributed by atoms with Crippen molar-refractivity contribution in [2.75, 3.05) is 7.05 Å². The number of aromatic carboxylic acids is 1. The van der Waals surface area contributed by atoms with E-state index in [-0.39, 0.29) is 5.56 Å². The number of hydrogen-bond donors (Lipinski definition) is 1. The van der Waals surface area contributed by atoms with Gasteiger partial charge in [-0.1, -0.05) is 29.8 Å². The summed E-state index contributed by atoms with van der Waals surface area (Å²) in [6.07, 6.45) is 0. The van der Waals surface area contributed by atoms with Crippen LogP contribution in [0.4, 0.5) is 0 Å². The Morgan fingerprint density at radius 2 is 2.00 bits per heavy atom. The number of carboxylic acids is 1. The molecule has 1 N–H and O–H groups in total. The van der Waals surface area contributed by atoms with Crippen molar-refractivity contribution in [3.05, 3.63) is 58.5 Å². The van der Waals surface area contributed by atoms with E-state index in [1.807, 2.05) is 13.1 Å². The molecule has 0 amide bonds. The number of aryl methyl sites for hydroxylation is 2. The molecule has 0 bridgehead atoms. The molecule has 0 aliphatic rings. The molecule has 0 saturated heterocycles. The maximum Gasteiger partial charge on any atom is 0.339 e. The third-order valence-electron chi connectivity index (χ3n) is 3.16. The first-order valence-electron chi connectivity index (χ1n) is 6.52. The predicted octanol–water partition coefficient (Wildman–Crippen LogP) is 3.23. The van der Waals surface area contributed by atoms with Crippen LogP contribution in [0.25, 0.3) is 0 Å². The second-order valence-corrected chi connectivity index (χ2v) is 5.15. The van der Waals surface area contributed by atoms with Crippen LogP contribution in [0.5, 0.6) is 0 Å². The van der Waals surface area contributed by atoms with Gasteiger partial charge >= 0.3 is 5.97 Å². The average molecular weight is 273 g/mol. The van der Waals surface area contributed by atoms with Crippen molar-refractivity contribution in [2.45, 2.75) is 26.9 Å². The molecule has 0 unspecified atom stereocenters. The molecular weight excluding hydrogens is 254 g/mol. The lowest BCUT2D eigenvalue weighted by atomic mass is 10.1. The van der Waals surface area contributed by atoms with E-state index in [4.69, 9.17) is 9.52 Å². The molecule has 4 nitrogen and oxygen atoms in total. The van der Waals surface area contributed by atoms with Crippen LogP contribution in [0, 0.1) is 13.8 Å². The summed E-state index contributed by atoms with van der Waals surface area (Å²) in [6.45, 7) is 5.12. The van der Waals surface area contributed by atoms with Gasteiger partial charge in [-0.2, -0.15) is 0 Å². The maximum absolute atomic E-state index is 11.0. The summed E-state index contributed by atoms with van der Waals surface area (Å²) in [7, 11) is 1.99. The SMILES string of the molecule is Cc1cccc(CN(C)Cc2cc(C(=O)O)c(C)o2)c1. The third-order valence-corrected chi connectivity index (χ3v) is 3.16. The number of rotatable bonds is 5. The van der Waals surface area contributed by atoms with Crippen LogP contribution >= 0.6 is 0 Å². The van der Waals surface area contributed by atoms with Crippen molar-refractivity contribution in [2.24, 2.45) is 0 Å². The molecule has 1 aromatic heterocycles. The van der Waals surface area contributed by atoms with Gasteiger partial charge in [0.15, 0.2) is 0 Å². The summed E-state index contributed by atoms with van der Waals surface area (Å²) in [5, 5.41) is 9.01. The first-order chi connectivity index (χ1) is 9.45. The number of carboxylic acid groups (broad SMARTS) is 1. The minimum Gasteiger partial charge on any atom is -0.478 e. The Hall–Kier alpha value is -2.07. The Balaban J connectivity index is 2.03. The van der Waals surface area contributed by atoms with Gasteiger partial charge in [-0.05, 0) is 32.5 Å². The fourth-order valence-corrected chi connectivity index (χ4v) is 2.28. The van der Waals surface area contributed by atoms with Crippen LogP contribution in [-0.2, 0) is 13.1 Å². The maximum atomic E-state index is 11.0. The summed E-state index contributed by atoms with van der Waals surface area (Å²) in [6, 6.07) is 9.94. The summed E-state index contributed by atoms with van der Waals surface area (Å²) in [5.41, 5.74) is 2.70. The third kappa shape index (κ3) is 3.48. The van der Waals surface area contributed by atoms with Crippen LogP contribution < -0.4 is 0 Å². The van der Waals surface area contributed by atoms with Gasteiger partial charge < -0.3 is 9.52 Å². The van der Waals surface area contributed by atoms with Crippen LogP contribution in [0.1, 0.15) is 33.0 Å². The molecule has 0 atom stereocenters. The van der Waals surface area contributed by atoms with Gasteiger partial charge in [0.1, 0.15) is 17.1 Å². The highest BCUT2D eigenvalue weighted by Gasteiger charge is 2.14. The van der Waals surface area contributed by atoms with Crippen molar-refractivity contribution >= 4 is 5.97 Å². The normalized spacial score (nSPS) is 11.0. The highest BCUT2D eigenvalue weighted by atomic mass is 16.4. The van der Waals surface area contributed by atoms with Gasteiger partial charge in [0.2, 0.25) is 0 Å². The van der Waals surface area contributed by atoms with E-state index in [1.54, 1.807) is 13.0 Å². The summed E-state index contributed by atoms with van der Waals surface area (Å²) in [5.74, 6) is 0.186. The fourth-order valence-electron chi connectivity index (χ4n) is 2.28. The standard InChI is InChI=1S/C16H19NO3/c1-11-5-4-6-13(7-11)9-17(3)10-14-8-15(16(18)19)12(2)20-14/h4-8H,9-10H2,1-3H3,(H,18,19). The molecule has 1 aromatic carbocycles. The molecule has 0 saturated carbocycles. The van der Waals surface area contributed by atoms with Gasteiger partial charge in [0.25, 0.3) is 0 Å². The molecule has 0 radical (unpaired) electrons. The zero-order valence-corrected chi connectivity index (χ0v) is 12.0. The highest BCUT2D eigenvalue weighted by molar-refractivity contribution is 5.88. The molecule has 0 aliphatic heterocycles. The molecule has 0 fully saturated rings. The number of hydrogen-bond acceptors (Lipinski definition) is 3. The molecule has 0 aliphatic carbocycles. The predicted molar refractivity (Wildman–Crippen MR) is 76.8 cm³/mol. The minimum absolute atomic E-state index is 0.240. The molecule has 106 valence electrons. The van der Waals surface area contributed by atoms with Crippen LogP contribution in [0.2, 0.25) is 0 Å². The van der Waals surface area contributed by atoms with Crippen LogP contribution in [0.15, 0.2) is 34.7 Å². The average Bonchev–Trinajstić information content (AvgIpc) is 2.70. The van der Waals surface area contributed by atoms with E-state index in [1.165, 1.54) is 11.1 Å². The lowest BCUT2D eigenvalue weighted by molar-refractivity contribution is 0.0695. The number of benzene rings is 1. The Kier molecular flexibility index (Phi) is 4.25. The van der Waals surface area contributed by atoms with Crippen molar-refractivity contribution in [3.8, 4) is 0 Å². The number of nitrogens with zero attached hydrogens (tertiary/aromatic N) is 1. The molecule has 2 rings (SSSR count). The number of carbonyl (C=O) groups is 1. The van der Waals surface area contributed by atoms with Gasteiger partial charge in [-0.25, -0.2) is 4.79 Å². The van der Waals surface area contributed by atoms with E-state index in [9.17, 15) is 4.79 Å². The van der Waals surface area contributed by atoms with Gasteiger partial charge in [0.05, 0.1) is 6.54 Å². The Morgan fingerprint density at radius 1 is 1.25 bits per heavy atom. The lowest BCUT2D eigenvalue weighted by Crippen LogP contribution is -2.16. The topological polar surface area (TPSA) is 53.7 Å². The van der Waals surface area contributed by atoms with E-state index in [2.05, 4.69) is 30.0 Å². The monoisotopic (exact) mass is 273 g/mol. The summed E-state index contributed by atoms with van der Waals surface area (Å²) in [4.78, 5) is 13.1. The Bertz CT molecular complexity index is 616. The summed E-state index contributed by atoms with van der Waals surface area (Å²) < 4.78 is 5.49. The quantitative estimate of drug-likeness (QED) is 0.908. The fraction of sp³-hybridized carbons (Fsp3) is 0.312. The Labute approximate surface area is 118 Å². The van der Waals surface area contributed by atoms with Crippen LogP contribution in [0.3, 0.4) is 0 Å². The molecule has 1 heterocycles. The molecule has 4 heteroatoms. The van der Waals surface area contributed by atoms with Crippen LogP contribution in [-0.4, -0.2) is 23.0 Å². The van der Waals surface area contributed by atoms with E-state index < -0.39 is 5.97 Å². The second-order valence-electron chi connectivity index (χ2n) is 5.15. The van der Waals surface area contributed by atoms with Crippen molar-refractivity contribution < 1.29 is 14.3 Å². The molecule has 2 aromatic rings. The van der Waals surface area contributed by atoms with E-state index >= 15 is 0 Å². The molecule has 20 heavy (non-hydrogen) atoms. The highest BCUT2D eigenvalue weighted by Crippen LogP contribution is 2.17. The molecular formula is C16H19NO3. The smallest absolute Gasteiger partial charge is 0.339 e. The van der Waals surface area contributed by atoms with E-state index in [0.29, 0.717) is 18.1 Å². The lowest BCUT2D eigenvalue weighted by Gasteiger charge is -2.15. The zero-order chi connectivity index (χ0) is 14.7. The first-order valence-corrected chi connectivity index (χ1v) is 6.52. The first kappa shape index (κ1) is 14.3. The minimum atomic E-state index is -0.946. The van der Waals surface area contributed by atoms with Gasteiger partial charge in [-0.15, -0.1) is 0 Å². The van der Waals surface area contributed by atoms with Crippen molar-refractivity contribution in [1.29, 1.82) is 0 Å². The van der Waals surface area contributed by atoms with Crippen molar-refractivity contribution in [3.63, 3.8) is 0 Å². The van der Waals surface area contributed by atoms with Gasteiger partial charge in [0, 0.05) is 6.54 Å². The largest absolute Gasteiger partial charge is 0.478 e. The zero-order valence-electron chi connectivity index (χ0n) is 12.0. The van der Waals surface area contributed by atoms with E-state index in [0.717, 1.165) is 6.54 Å². The molecule has 0 spiro atoms.